The van der Waals surface area contributed by atoms with Crippen molar-refractivity contribution in [1.82, 2.24) is 0 Å². The van der Waals surface area contributed by atoms with Gasteiger partial charge in [0.25, 0.3) is 0 Å². The third kappa shape index (κ3) is 3.30. The molecule has 2 heteroatoms. The van der Waals surface area contributed by atoms with Crippen LogP contribution in [0.5, 0.6) is 5.75 Å². The summed E-state index contributed by atoms with van der Waals surface area (Å²) in [5, 5.41) is 9.54. The lowest BCUT2D eigenvalue weighted by Crippen LogP contribution is -2.01. The van der Waals surface area contributed by atoms with E-state index in [0.717, 1.165) is 11.1 Å². The predicted molar refractivity (Wildman–Crippen MR) is 60.8 cm³/mol. The molecule has 0 bridgehead atoms. The Morgan fingerprint density at radius 3 is 2.80 bits per heavy atom. The second-order valence-corrected chi connectivity index (χ2v) is 3.43. The minimum absolute atomic E-state index is 0.361. The molecule has 1 rings (SSSR count). The van der Waals surface area contributed by atoms with Crippen molar-refractivity contribution in [3.8, 4) is 17.6 Å². The van der Waals surface area contributed by atoms with E-state index in [0.29, 0.717) is 12.4 Å². The Bertz CT molecular complexity index is 383. The van der Waals surface area contributed by atoms with Crippen LogP contribution in [0.3, 0.4) is 0 Å². The summed E-state index contributed by atoms with van der Waals surface area (Å²) in [6.45, 7) is 5.85. The first-order chi connectivity index (χ1) is 7.15. The summed E-state index contributed by atoms with van der Waals surface area (Å²) >= 11 is 0. The predicted octanol–water partition coefficient (Wildman–Crippen LogP) is 2.45. The van der Waals surface area contributed by atoms with Crippen LogP contribution in [0, 0.1) is 18.8 Å². The zero-order valence-electron chi connectivity index (χ0n) is 9.37. The fourth-order valence-corrected chi connectivity index (χ4v) is 1.30. The van der Waals surface area contributed by atoms with Crippen LogP contribution in [0.4, 0.5) is 0 Å². The van der Waals surface area contributed by atoms with Gasteiger partial charge in [0.05, 0.1) is 6.10 Å². The number of ether oxygens (including phenoxy) is 1. The highest BCUT2D eigenvalue weighted by molar-refractivity contribution is 5.38. The number of aryl methyl sites for hydroxylation is 1. The maximum Gasteiger partial charge on any atom is 0.149 e. The third-order valence-corrected chi connectivity index (χ3v) is 2.10. The zero-order chi connectivity index (χ0) is 11.3. The Labute approximate surface area is 90.9 Å². The SMILES string of the molecule is CC#CCOc1cc(C)ccc1C(C)O. The van der Waals surface area contributed by atoms with Gasteiger partial charge in [-0.25, -0.2) is 0 Å². The van der Waals surface area contributed by atoms with E-state index in [9.17, 15) is 5.11 Å². The van der Waals surface area contributed by atoms with Crippen molar-refractivity contribution in [3.63, 3.8) is 0 Å². The Kier molecular flexibility index (Phi) is 4.20. The molecule has 1 aromatic rings. The van der Waals surface area contributed by atoms with Crippen LogP contribution < -0.4 is 4.74 Å². The van der Waals surface area contributed by atoms with Crippen LogP contribution in [0.2, 0.25) is 0 Å². The summed E-state index contributed by atoms with van der Waals surface area (Å²) in [5.74, 6) is 6.31. The van der Waals surface area contributed by atoms with Gasteiger partial charge < -0.3 is 9.84 Å². The smallest absolute Gasteiger partial charge is 0.149 e. The van der Waals surface area contributed by atoms with Crippen LogP contribution in [-0.2, 0) is 0 Å². The van der Waals surface area contributed by atoms with Gasteiger partial charge in [-0.15, -0.1) is 5.92 Å². The highest BCUT2D eigenvalue weighted by atomic mass is 16.5. The molecular weight excluding hydrogens is 188 g/mol. The molecule has 80 valence electrons. The van der Waals surface area contributed by atoms with E-state index in [1.165, 1.54) is 0 Å². The van der Waals surface area contributed by atoms with Crippen LogP contribution in [0.25, 0.3) is 0 Å². The molecule has 1 atom stereocenters. The lowest BCUT2D eigenvalue weighted by atomic mass is 10.1. The molecule has 1 aromatic carbocycles. The Balaban J connectivity index is 2.90. The van der Waals surface area contributed by atoms with Crippen LogP contribution >= 0.6 is 0 Å². The van der Waals surface area contributed by atoms with Gasteiger partial charge in [-0.1, -0.05) is 18.1 Å². The third-order valence-electron chi connectivity index (χ3n) is 2.10. The fourth-order valence-electron chi connectivity index (χ4n) is 1.30. The van der Waals surface area contributed by atoms with Crippen molar-refractivity contribution in [1.29, 1.82) is 0 Å². The topological polar surface area (TPSA) is 29.5 Å². The summed E-state index contributed by atoms with van der Waals surface area (Å²) < 4.78 is 5.49. The summed E-state index contributed by atoms with van der Waals surface area (Å²) in [4.78, 5) is 0. The summed E-state index contributed by atoms with van der Waals surface area (Å²) in [6.07, 6.45) is -0.518. The van der Waals surface area contributed by atoms with Gasteiger partial charge in [0.2, 0.25) is 0 Å². The molecule has 0 aromatic heterocycles. The second-order valence-electron chi connectivity index (χ2n) is 3.43. The van der Waals surface area contributed by atoms with E-state index in [2.05, 4.69) is 11.8 Å². The van der Waals surface area contributed by atoms with Crippen LogP contribution in [0.1, 0.15) is 31.1 Å². The van der Waals surface area contributed by atoms with Crippen molar-refractivity contribution < 1.29 is 9.84 Å². The number of hydrogen-bond acceptors (Lipinski definition) is 2. The van der Waals surface area contributed by atoms with Gasteiger partial charge in [-0.05, 0) is 32.4 Å². The van der Waals surface area contributed by atoms with Crippen LogP contribution in [0.15, 0.2) is 18.2 Å². The van der Waals surface area contributed by atoms with Gasteiger partial charge in [0.15, 0.2) is 0 Å². The van der Waals surface area contributed by atoms with E-state index < -0.39 is 6.10 Å². The van der Waals surface area contributed by atoms with E-state index >= 15 is 0 Å². The van der Waals surface area contributed by atoms with Crippen molar-refractivity contribution in [2.45, 2.75) is 26.9 Å². The second kappa shape index (κ2) is 5.43. The van der Waals surface area contributed by atoms with E-state index in [1.54, 1.807) is 13.8 Å². The summed E-state index contributed by atoms with van der Waals surface area (Å²) in [7, 11) is 0. The van der Waals surface area contributed by atoms with Gasteiger partial charge in [0.1, 0.15) is 12.4 Å². The molecule has 0 aliphatic rings. The molecule has 2 nitrogen and oxygen atoms in total. The summed E-state index contributed by atoms with van der Waals surface area (Å²) in [5.41, 5.74) is 1.91. The average Bonchev–Trinajstić information content (AvgIpc) is 2.18. The van der Waals surface area contributed by atoms with Crippen molar-refractivity contribution in [2.75, 3.05) is 6.61 Å². The van der Waals surface area contributed by atoms with Crippen molar-refractivity contribution in [3.05, 3.63) is 29.3 Å². The van der Waals surface area contributed by atoms with E-state index in [1.807, 2.05) is 25.1 Å². The van der Waals surface area contributed by atoms with E-state index in [-0.39, 0.29) is 0 Å². The van der Waals surface area contributed by atoms with Crippen molar-refractivity contribution in [2.24, 2.45) is 0 Å². The molecular formula is C13H16O2. The summed E-state index contributed by atoms with van der Waals surface area (Å²) in [6, 6.07) is 5.76. The molecule has 0 saturated heterocycles. The number of rotatable bonds is 3. The highest BCUT2D eigenvalue weighted by Gasteiger charge is 2.08. The van der Waals surface area contributed by atoms with Gasteiger partial charge >= 0.3 is 0 Å². The molecule has 1 N–H and O–H groups in total. The molecule has 0 amide bonds. The quantitative estimate of drug-likeness (QED) is 0.766. The molecule has 0 saturated carbocycles. The van der Waals surface area contributed by atoms with Crippen molar-refractivity contribution >= 4 is 0 Å². The average molecular weight is 204 g/mol. The Hall–Kier alpha value is -1.46. The van der Waals surface area contributed by atoms with Gasteiger partial charge in [-0.3, -0.25) is 0 Å². The number of aliphatic hydroxyl groups excluding tert-OH is 1. The zero-order valence-corrected chi connectivity index (χ0v) is 9.37. The molecule has 0 fully saturated rings. The normalized spacial score (nSPS) is 11.5. The van der Waals surface area contributed by atoms with E-state index in [4.69, 9.17) is 4.74 Å². The highest BCUT2D eigenvalue weighted by Crippen LogP contribution is 2.26. The Morgan fingerprint density at radius 1 is 1.47 bits per heavy atom. The first kappa shape index (κ1) is 11.6. The molecule has 0 spiro atoms. The maximum absolute atomic E-state index is 9.54. The molecule has 0 aliphatic carbocycles. The number of benzene rings is 1. The lowest BCUT2D eigenvalue weighted by Gasteiger charge is -2.12. The molecule has 15 heavy (non-hydrogen) atoms. The monoisotopic (exact) mass is 204 g/mol. The standard InChI is InChI=1S/C13H16O2/c1-4-5-8-15-13-9-10(2)6-7-12(13)11(3)14/h6-7,9,11,14H,8H2,1-3H3. The van der Waals surface area contributed by atoms with Crippen LogP contribution in [-0.4, -0.2) is 11.7 Å². The first-order valence-electron chi connectivity index (χ1n) is 4.96. The molecule has 0 heterocycles. The first-order valence-corrected chi connectivity index (χ1v) is 4.96. The minimum atomic E-state index is -0.518. The number of hydrogen-bond donors (Lipinski definition) is 1. The number of aliphatic hydroxyl groups is 1. The maximum atomic E-state index is 9.54. The molecule has 0 aliphatic heterocycles. The fraction of sp³-hybridized carbons (Fsp3) is 0.385. The molecule has 1 unspecified atom stereocenters. The molecule has 0 radical (unpaired) electrons. The van der Waals surface area contributed by atoms with Gasteiger partial charge in [-0.2, -0.15) is 0 Å². The van der Waals surface area contributed by atoms with Gasteiger partial charge in [0, 0.05) is 5.56 Å². The minimum Gasteiger partial charge on any atom is -0.481 e. The Morgan fingerprint density at radius 2 is 2.20 bits per heavy atom. The lowest BCUT2D eigenvalue weighted by molar-refractivity contribution is 0.193. The largest absolute Gasteiger partial charge is 0.481 e.